The molecule has 1 aromatic rings. The van der Waals surface area contributed by atoms with Crippen LogP contribution in [0.5, 0.6) is 0 Å². The molecule has 0 aliphatic carbocycles. The summed E-state index contributed by atoms with van der Waals surface area (Å²) in [5, 5.41) is 9.59. The molecule has 118 valence electrons. The topological polar surface area (TPSA) is 23.5 Å². The van der Waals surface area contributed by atoms with Crippen LogP contribution in [0.15, 0.2) is 18.2 Å². The zero-order valence-corrected chi connectivity index (χ0v) is 11.4. The maximum absolute atomic E-state index is 13.7. The van der Waals surface area contributed by atoms with Crippen molar-refractivity contribution in [3.8, 4) is 0 Å². The molecule has 21 heavy (non-hydrogen) atoms. The van der Waals surface area contributed by atoms with Gasteiger partial charge in [-0.15, -0.1) is 0 Å². The maximum Gasteiger partial charge on any atom is 0.417 e. The molecule has 0 radical (unpaired) electrons. The second-order valence-corrected chi connectivity index (χ2v) is 5.41. The summed E-state index contributed by atoms with van der Waals surface area (Å²) in [6, 6.07) is 2.48. The Kier molecular flexibility index (Phi) is 4.26. The van der Waals surface area contributed by atoms with Crippen molar-refractivity contribution >= 4 is 0 Å². The van der Waals surface area contributed by atoms with E-state index in [0.29, 0.717) is 0 Å². The van der Waals surface area contributed by atoms with Gasteiger partial charge < -0.3 is 5.11 Å². The normalized spacial score (nSPS) is 21.3. The van der Waals surface area contributed by atoms with Crippen molar-refractivity contribution in [2.45, 2.75) is 37.6 Å². The molecule has 1 N–H and O–H groups in total. The number of likely N-dealkylation sites (tertiary alicyclic amines) is 1. The molecule has 1 aromatic carbocycles. The number of benzene rings is 1. The Morgan fingerprint density at radius 3 is 2.29 bits per heavy atom. The zero-order valence-electron chi connectivity index (χ0n) is 11.4. The highest BCUT2D eigenvalue weighted by atomic mass is 19.4. The van der Waals surface area contributed by atoms with E-state index in [1.54, 1.807) is 11.8 Å². The van der Waals surface area contributed by atoms with Crippen LogP contribution in [0, 0.1) is 11.6 Å². The van der Waals surface area contributed by atoms with Crippen molar-refractivity contribution in [2.75, 3.05) is 13.1 Å². The van der Waals surface area contributed by atoms with Gasteiger partial charge in [-0.3, -0.25) is 4.90 Å². The number of rotatable bonds is 2. The molecule has 1 fully saturated rings. The molecule has 0 bridgehead atoms. The molecule has 0 spiro atoms. The predicted molar refractivity (Wildman–Crippen MR) is 66.6 cm³/mol. The minimum absolute atomic E-state index is 0.0346. The molecule has 7 heteroatoms. The number of hydrogen-bond donors (Lipinski definition) is 1. The molecule has 2 nitrogen and oxygen atoms in total. The van der Waals surface area contributed by atoms with Crippen LogP contribution in [0.2, 0.25) is 0 Å². The first-order valence-electron chi connectivity index (χ1n) is 6.62. The lowest BCUT2D eigenvalue weighted by atomic mass is 9.89. The van der Waals surface area contributed by atoms with Crippen LogP contribution < -0.4 is 0 Å². The van der Waals surface area contributed by atoms with E-state index in [2.05, 4.69) is 0 Å². The molecule has 2 rings (SSSR count). The fourth-order valence-electron chi connectivity index (χ4n) is 2.60. The number of aliphatic hydroxyl groups is 1. The Balaban J connectivity index is 2.10. The second kappa shape index (κ2) is 5.53. The van der Waals surface area contributed by atoms with Crippen molar-refractivity contribution in [1.29, 1.82) is 0 Å². The molecule has 0 saturated carbocycles. The molecule has 1 unspecified atom stereocenters. The molecule has 1 atom stereocenters. The summed E-state index contributed by atoms with van der Waals surface area (Å²) in [4.78, 5) is 1.61. The lowest BCUT2D eigenvalue weighted by Crippen LogP contribution is -2.53. The van der Waals surface area contributed by atoms with Crippen LogP contribution in [0.1, 0.15) is 31.4 Å². The molecule has 1 aliphatic heterocycles. The average Bonchev–Trinajstić information content (AvgIpc) is 2.40. The van der Waals surface area contributed by atoms with Gasteiger partial charge in [0.25, 0.3) is 0 Å². The van der Waals surface area contributed by atoms with Crippen molar-refractivity contribution in [1.82, 2.24) is 4.90 Å². The van der Waals surface area contributed by atoms with Gasteiger partial charge in [0.2, 0.25) is 0 Å². The first-order chi connectivity index (χ1) is 9.64. The number of nitrogens with zero attached hydrogens (tertiary/aromatic N) is 1. The molecule has 0 aromatic heterocycles. The van der Waals surface area contributed by atoms with Crippen LogP contribution in [0.4, 0.5) is 22.0 Å². The highest BCUT2D eigenvalue weighted by Crippen LogP contribution is 2.40. The fourth-order valence-corrected chi connectivity index (χ4v) is 2.60. The van der Waals surface area contributed by atoms with Gasteiger partial charge >= 0.3 is 6.18 Å². The van der Waals surface area contributed by atoms with E-state index in [1.807, 2.05) is 0 Å². The number of halogens is 5. The largest absolute Gasteiger partial charge is 0.417 e. The predicted octanol–water partition coefficient (Wildman–Crippen LogP) is 3.42. The van der Waals surface area contributed by atoms with Crippen molar-refractivity contribution in [2.24, 2.45) is 0 Å². The summed E-state index contributed by atoms with van der Waals surface area (Å²) in [7, 11) is 0. The Morgan fingerprint density at radius 2 is 1.76 bits per heavy atom. The lowest BCUT2D eigenvalue weighted by molar-refractivity contribution is -0.273. The summed E-state index contributed by atoms with van der Waals surface area (Å²) >= 11 is 0. The molecular formula is C14H16F5NO. The van der Waals surface area contributed by atoms with Crippen LogP contribution in [0.3, 0.4) is 0 Å². The van der Waals surface area contributed by atoms with Gasteiger partial charge in [-0.2, -0.15) is 13.2 Å². The van der Waals surface area contributed by atoms with Gasteiger partial charge in [0.15, 0.2) is 5.60 Å². The molecule has 1 aliphatic rings. The van der Waals surface area contributed by atoms with E-state index in [4.69, 9.17) is 0 Å². The first-order valence-corrected chi connectivity index (χ1v) is 6.62. The molecule has 0 amide bonds. The van der Waals surface area contributed by atoms with Gasteiger partial charge in [-0.1, -0.05) is 0 Å². The maximum atomic E-state index is 13.7. The zero-order chi connectivity index (χ0) is 15.8. The summed E-state index contributed by atoms with van der Waals surface area (Å²) in [6.07, 6.45) is -5.62. The molecule has 1 heterocycles. The minimum atomic E-state index is -4.67. The lowest BCUT2D eigenvalue weighted by Gasteiger charge is -2.41. The van der Waals surface area contributed by atoms with E-state index in [9.17, 15) is 27.1 Å². The standard InChI is InChI=1S/C14H16F5NO/c1-9(11-8-10(15)2-3-12(11)16)20-6-4-13(21,5-7-20)14(17,18)19/h2-3,8-9,21H,4-7H2,1H3. The third-order valence-electron chi connectivity index (χ3n) is 4.11. The first kappa shape index (κ1) is 16.2. The van der Waals surface area contributed by atoms with Crippen LogP contribution >= 0.6 is 0 Å². The number of piperidine rings is 1. The average molecular weight is 309 g/mol. The Hall–Kier alpha value is -1.21. The summed E-state index contributed by atoms with van der Waals surface area (Å²) in [5.74, 6) is -1.19. The van der Waals surface area contributed by atoms with Gasteiger partial charge in [0.1, 0.15) is 11.6 Å². The minimum Gasteiger partial charge on any atom is -0.380 e. The van der Waals surface area contributed by atoms with Gasteiger partial charge in [-0.05, 0) is 38.0 Å². The van der Waals surface area contributed by atoms with Crippen molar-refractivity contribution in [3.05, 3.63) is 35.4 Å². The molecular weight excluding hydrogens is 293 g/mol. The van der Waals surface area contributed by atoms with E-state index in [0.717, 1.165) is 18.2 Å². The summed E-state index contributed by atoms with van der Waals surface area (Å²) < 4.78 is 65.0. The van der Waals surface area contributed by atoms with Gasteiger partial charge in [0.05, 0.1) is 0 Å². The molecule has 1 saturated heterocycles. The van der Waals surface area contributed by atoms with Crippen LogP contribution in [0.25, 0.3) is 0 Å². The van der Waals surface area contributed by atoms with Gasteiger partial charge in [0, 0.05) is 24.7 Å². The van der Waals surface area contributed by atoms with Crippen molar-refractivity contribution < 1.29 is 27.1 Å². The summed E-state index contributed by atoms with van der Waals surface area (Å²) in [5.41, 5.74) is -2.59. The third-order valence-corrected chi connectivity index (χ3v) is 4.11. The SMILES string of the molecule is CC(c1cc(F)ccc1F)N1CCC(O)(C(F)(F)F)CC1. The highest BCUT2D eigenvalue weighted by Gasteiger charge is 2.54. The monoisotopic (exact) mass is 309 g/mol. The summed E-state index contributed by atoms with van der Waals surface area (Å²) in [6.45, 7) is 1.54. The van der Waals surface area contributed by atoms with Crippen LogP contribution in [-0.2, 0) is 0 Å². The Labute approximate surface area is 119 Å². The second-order valence-electron chi connectivity index (χ2n) is 5.41. The van der Waals surface area contributed by atoms with E-state index in [1.165, 1.54) is 0 Å². The Bertz CT molecular complexity index is 509. The number of hydrogen-bond acceptors (Lipinski definition) is 2. The third kappa shape index (κ3) is 3.18. The highest BCUT2D eigenvalue weighted by molar-refractivity contribution is 5.22. The quantitative estimate of drug-likeness (QED) is 0.846. The van der Waals surface area contributed by atoms with Crippen molar-refractivity contribution in [3.63, 3.8) is 0 Å². The smallest absolute Gasteiger partial charge is 0.380 e. The van der Waals surface area contributed by atoms with E-state index < -0.39 is 42.3 Å². The number of alkyl halides is 3. The van der Waals surface area contributed by atoms with E-state index in [-0.39, 0.29) is 18.7 Å². The van der Waals surface area contributed by atoms with Crippen LogP contribution in [-0.4, -0.2) is 34.9 Å². The Morgan fingerprint density at radius 1 is 1.19 bits per heavy atom. The van der Waals surface area contributed by atoms with Gasteiger partial charge in [-0.25, -0.2) is 8.78 Å². The fraction of sp³-hybridized carbons (Fsp3) is 0.571. The van der Waals surface area contributed by atoms with E-state index >= 15 is 0 Å².